The van der Waals surface area contributed by atoms with E-state index in [-0.39, 0.29) is 6.61 Å². The second-order valence-corrected chi connectivity index (χ2v) is 3.56. The van der Waals surface area contributed by atoms with Gasteiger partial charge in [-0.2, -0.15) is 0 Å². The molecule has 0 radical (unpaired) electrons. The van der Waals surface area contributed by atoms with Crippen LogP contribution in [0.25, 0.3) is 0 Å². The van der Waals surface area contributed by atoms with E-state index in [0.29, 0.717) is 5.92 Å². The molecular weight excluding hydrogens is 148 g/mol. The maximum Gasteiger partial charge on any atom is 0.0682 e. The Bertz CT molecular complexity index is 264. The first-order valence-corrected chi connectivity index (χ1v) is 4.35. The van der Waals surface area contributed by atoms with Crippen molar-refractivity contribution in [3.8, 4) is 0 Å². The van der Waals surface area contributed by atoms with E-state index in [4.69, 9.17) is 5.11 Å². The summed E-state index contributed by atoms with van der Waals surface area (Å²) in [5.74, 6) is 0.537. The van der Waals surface area contributed by atoms with Gasteiger partial charge in [0.25, 0.3) is 0 Å². The zero-order valence-corrected chi connectivity index (χ0v) is 7.96. The van der Waals surface area contributed by atoms with Gasteiger partial charge in [0.15, 0.2) is 0 Å². The molecule has 0 aromatic heterocycles. The Morgan fingerprint density at radius 2 is 1.92 bits per heavy atom. The minimum Gasteiger partial charge on any atom is -0.392 e. The van der Waals surface area contributed by atoms with Gasteiger partial charge in [-0.3, -0.25) is 0 Å². The van der Waals surface area contributed by atoms with Crippen LogP contribution in [-0.4, -0.2) is 5.11 Å². The quantitative estimate of drug-likeness (QED) is 0.712. The van der Waals surface area contributed by atoms with Gasteiger partial charge in [0.2, 0.25) is 0 Å². The summed E-state index contributed by atoms with van der Waals surface area (Å²) in [6.45, 7) is 6.53. The molecule has 1 aromatic carbocycles. The van der Waals surface area contributed by atoms with Crippen LogP contribution in [0.3, 0.4) is 0 Å². The molecule has 1 N–H and O–H groups in total. The Morgan fingerprint density at radius 3 is 2.42 bits per heavy atom. The first kappa shape index (κ1) is 9.27. The fourth-order valence-electron chi connectivity index (χ4n) is 1.32. The molecule has 0 amide bonds. The zero-order valence-electron chi connectivity index (χ0n) is 7.96. The fourth-order valence-corrected chi connectivity index (χ4v) is 1.32. The summed E-state index contributed by atoms with van der Waals surface area (Å²) in [6.07, 6.45) is 0. The van der Waals surface area contributed by atoms with Gasteiger partial charge in [-0.25, -0.2) is 0 Å². The summed E-state index contributed by atoms with van der Waals surface area (Å²) in [5.41, 5.74) is 3.54. The minimum absolute atomic E-state index is 0.140. The summed E-state index contributed by atoms with van der Waals surface area (Å²) >= 11 is 0. The van der Waals surface area contributed by atoms with Crippen molar-refractivity contribution in [2.24, 2.45) is 0 Å². The standard InChI is InChI=1S/C11H16O/c1-8(2)11-5-9(3)4-10(6-11)7-12/h4-6,8,12H,7H2,1-3H3. The Kier molecular flexibility index (Phi) is 2.88. The van der Waals surface area contributed by atoms with Gasteiger partial charge in [-0.1, -0.05) is 37.6 Å². The monoisotopic (exact) mass is 164 g/mol. The number of aliphatic hydroxyl groups is 1. The largest absolute Gasteiger partial charge is 0.392 e. The third-order valence-electron chi connectivity index (χ3n) is 2.01. The Morgan fingerprint density at radius 1 is 1.25 bits per heavy atom. The van der Waals surface area contributed by atoms with Crippen LogP contribution in [0.5, 0.6) is 0 Å². The molecule has 0 saturated carbocycles. The van der Waals surface area contributed by atoms with Gasteiger partial charge in [-0.15, -0.1) is 0 Å². The molecule has 0 bridgehead atoms. The summed E-state index contributed by atoms with van der Waals surface area (Å²) in [7, 11) is 0. The predicted octanol–water partition coefficient (Wildman–Crippen LogP) is 2.61. The van der Waals surface area contributed by atoms with Crippen molar-refractivity contribution in [2.75, 3.05) is 0 Å². The van der Waals surface area contributed by atoms with E-state index in [9.17, 15) is 0 Å². The molecule has 1 aromatic rings. The van der Waals surface area contributed by atoms with Crippen LogP contribution in [0.15, 0.2) is 18.2 Å². The van der Waals surface area contributed by atoms with Crippen LogP contribution in [0, 0.1) is 6.92 Å². The lowest BCUT2D eigenvalue weighted by molar-refractivity contribution is 0.281. The van der Waals surface area contributed by atoms with E-state index in [1.165, 1.54) is 11.1 Å². The van der Waals surface area contributed by atoms with Crippen molar-refractivity contribution in [2.45, 2.75) is 33.3 Å². The second-order valence-electron chi connectivity index (χ2n) is 3.56. The number of aliphatic hydroxyl groups excluding tert-OH is 1. The average molecular weight is 164 g/mol. The van der Waals surface area contributed by atoms with Gasteiger partial charge in [-0.05, 0) is 24.0 Å². The third-order valence-corrected chi connectivity index (χ3v) is 2.01. The molecule has 0 aliphatic carbocycles. The number of hydrogen-bond donors (Lipinski definition) is 1. The van der Waals surface area contributed by atoms with Crippen molar-refractivity contribution in [1.82, 2.24) is 0 Å². The summed E-state index contributed by atoms with van der Waals surface area (Å²) in [5, 5.41) is 8.97. The molecule has 0 fully saturated rings. The molecule has 1 heteroatoms. The SMILES string of the molecule is Cc1cc(CO)cc(C(C)C)c1. The number of hydrogen-bond acceptors (Lipinski definition) is 1. The second kappa shape index (κ2) is 3.72. The molecule has 0 aliphatic heterocycles. The van der Waals surface area contributed by atoms with E-state index in [0.717, 1.165) is 5.56 Å². The Hall–Kier alpha value is -0.820. The maximum absolute atomic E-state index is 8.97. The summed E-state index contributed by atoms with van der Waals surface area (Å²) < 4.78 is 0. The van der Waals surface area contributed by atoms with E-state index in [1.54, 1.807) is 0 Å². The van der Waals surface area contributed by atoms with Gasteiger partial charge in [0, 0.05) is 0 Å². The molecule has 0 atom stereocenters. The topological polar surface area (TPSA) is 20.2 Å². The van der Waals surface area contributed by atoms with Crippen molar-refractivity contribution in [1.29, 1.82) is 0 Å². The highest BCUT2D eigenvalue weighted by Crippen LogP contribution is 2.17. The zero-order chi connectivity index (χ0) is 9.14. The van der Waals surface area contributed by atoms with E-state index in [2.05, 4.69) is 32.9 Å². The average Bonchev–Trinajstić information content (AvgIpc) is 2.03. The fraction of sp³-hybridized carbons (Fsp3) is 0.455. The summed E-state index contributed by atoms with van der Waals surface area (Å²) in [6, 6.07) is 6.26. The van der Waals surface area contributed by atoms with Crippen molar-refractivity contribution in [3.63, 3.8) is 0 Å². The molecule has 1 rings (SSSR count). The van der Waals surface area contributed by atoms with Crippen LogP contribution in [0.4, 0.5) is 0 Å². The third kappa shape index (κ3) is 2.08. The van der Waals surface area contributed by atoms with Gasteiger partial charge >= 0.3 is 0 Å². The molecular formula is C11H16O. The highest BCUT2D eigenvalue weighted by molar-refractivity contribution is 5.30. The van der Waals surface area contributed by atoms with Gasteiger partial charge < -0.3 is 5.11 Å². The molecule has 0 spiro atoms. The number of rotatable bonds is 2. The molecule has 0 unspecified atom stereocenters. The lowest BCUT2D eigenvalue weighted by Gasteiger charge is -2.08. The smallest absolute Gasteiger partial charge is 0.0682 e. The van der Waals surface area contributed by atoms with Crippen LogP contribution >= 0.6 is 0 Å². The molecule has 0 heterocycles. The molecule has 12 heavy (non-hydrogen) atoms. The van der Waals surface area contributed by atoms with E-state index >= 15 is 0 Å². The van der Waals surface area contributed by atoms with Crippen molar-refractivity contribution < 1.29 is 5.11 Å². The summed E-state index contributed by atoms with van der Waals surface area (Å²) in [4.78, 5) is 0. The van der Waals surface area contributed by atoms with Crippen molar-refractivity contribution >= 4 is 0 Å². The highest BCUT2D eigenvalue weighted by atomic mass is 16.3. The normalized spacial score (nSPS) is 10.8. The van der Waals surface area contributed by atoms with E-state index in [1.807, 2.05) is 6.07 Å². The molecule has 66 valence electrons. The van der Waals surface area contributed by atoms with Crippen LogP contribution in [0.2, 0.25) is 0 Å². The molecule has 1 nitrogen and oxygen atoms in total. The molecule has 0 aliphatic rings. The number of benzene rings is 1. The lowest BCUT2D eigenvalue weighted by Crippen LogP contribution is -1.92. The number of aryl methyl sites for hydroxylation is 1. The van der Waals surface area contributed by atoms with Crippen LogP contribution in [0.1, 0.15) is 36.5 Å². The van der Waals surface area contributed by atoms with Crippen molar-refractivity contribution in [3.05, 3.63) is 34.9 Å². The first-order chi connectivity index (χ1) is 5.63. The van der Waals surface area contributed by atoms with Crippen LogP contribution < -0.4 is 0 Å². The Balaban J connectivity index is 3.06. The van der Waals surface area contributed by atoms with Gasteiger partial charge in [0.1, 0.15) is 0 Å². The maximum atomic E-state index is 8.97. The highest BCUT2D eigenvalue weighted by Gasteiger charge is 2.01. The minimum atomic E-state index is 0.140. The lowest BCUT2D eigenvalue weighted by atomic mass is 9.98. The Labute approximate surface area is 74.1 Å². The van der Waals surface area contributed by atoms with E-state index < -0.39 is 0 Å². The van der Waals surface area contributed by atoms with Crippen LogP contribution in [-0.2, 0) is 6.61 Å². The molecule has 0 saturated heterocycles. The predicted molar refractivity (Wildman–Crippen MR) is 51.2 cm³/mol. The first-order valence-electron chi connectivity index (χ1n) is 4.35. The van der Waals surface area contributed by atoms with Gasteiger partial charge in [0.05, 0.1) is 6.61 Å².